The van der Waals surface area contributed by atoms with Gasteiger partial charge in [0.05, 0.1) is 0 Å². The van der Waals surface area contributed by atoms with E-state index in [-0.39, 0.29) is 0 Å². The third-order valence-corrected chi connectivity index (χ3v) is 9.88. The fourth-order valence-corrected chi connectivity index (χ4v) is 7.39. The van der Waals surface area contributed by atoms with E-state index in [0.717, 1.165) is 66.1 Å². The second-order valence-electron chi connectivity index (χ2n) is 12.9. The molecule has 234 valence electrons. The minimum Gasteiger partial charge on any atom is -0.455 e. The number of benzene rings is 8. The molecular formula is C48H30O2. The molecule has 0 spiro atoms. The summed E-state index contributed by atoms with van der Waals surface area (Å²) in [5, 5.41) is 4.39. The van der Waals surface area contributed by atoms with Crippen molar-refractivity contribution in [1.29, 1.82) is 0 Å². The summed E-state index contributed by atoms with van der Waals surface area (Å²) in [6.07, 6.45) is 0. The predicted octanol–water partition coefficient (Wildman–Crippen LogP) is 13.8. The van der Waals surface area contributed by atoms with Gasteiger partial charge in [0.25, 0.3) is 0 Å². The lowest BCUT2D eigenvalue weighted by Crippen LogP contribution is -1.86. The maximum Gasteiger partial charge on any atom is 0.143 e. The van der Waals surface area contributed by atoms with Crippen LogP contribution in [0.1, 0.15) is 0 Å². The summed E-state index contributed by atoms with van der Waals surface area (Å²) >= 11 is 0. The van der Waals surface area contributed by atoms with Crippen molar-refractivity contribution in [2.45, 2.75) is 0 Å². The van der Waals surface area contributed by atoms with Gasteiger partial charge >= 0.3 is 0 Å². The fraction of sp³-hybridized carbons (Fsp3) is 0. The average molecular weight is 639 g/mol. The Labute approximate surface area is 289 Å². The van der Waals surface area contributed by atoms with Gasteiger partial charge in [-0.25, -0.2) is 0 Å². The largest absolute Gasteiger partial charge is 0.455 e. The van der Waals surface area contributed by atoms with Gasteiger partial charge in [0.15, 0.2) is 0 Å². The lowest BCUT2D eigenvalue weighted by molar-refractivity contribution is 0.657. The normalized spacial score (nSPS) is 11.6. The van der Waals surface area contributed by atoms with E-state index in [0.29, 0.717) is 0 Å². The van der Waals surface area contributed by atoms with Crippen LogP contribution in [-0.2, 0) is 0 Å². The monoisotopic (exact) mass is 638 g/mol. The summed E-state index contributed by atoms with van der Waals surface area (Å²) in [5.41, 5.74) is 15.0. The number of fused-ring (bicyclic) bond motifs is 6. The minimum atomic E-state index is 0.822. The predicted molar refractivity (Wildman–Crippen MR) is 208 cm³/mol. The molecule has 50 heavy (non-hydrogen) atoms. The molecule has 8 aromatic carbocycles. The van der Waals surface area contributed by atoms with Crippen molar-refractivity contribution in [3.63, 3.8) is 0 Å². The van der Waals surface area contributed by atoms with E-state index in [2.05, 4.69) is 176 Å². The summed E-state index contributed by atoms with van der Waals surface area (Å²) in [4.78, 5) is 0. The molecule has 0 amide bonds. The number of hydrogen-bond acceptors (Lipinski definition) is 2. The van der Waals surface area contributed by atoms with Crippen molar-refractivity contribution in [1.82, 2.24) is 0 Å². The van der Waals surface area contributed by atoms with Gasteiger partial charge in [0.1, 0.15) is 22.3 Å². The van der Waals surface area contributed by atoms with E-state index in [9.17, 15) is 0 Å². The van der Waals surface area contributed by atoms with Gasteiger partial charge in [0.2, 0.25) is 0 Å². The molecule has 2 aromatic heterocycles. The van der Waals surface area contributed by atoms with E-state index in [4.69, 9.17) is 8.83 Å². The maximum absolute atomic E-state index is 6.64. The molecule has 0 saturated heterocycles. The zero-order valence-electron chi connectivity index (χ0n) is 27.1. The molecule has 10 rings (SSSR count). The maximum atomic E-state index is 6.64. The smallest absolute Gasteiger partial charge is 0.143 e. The van der Waals surface area contributed by atoms with E-state index in [1.807, 2.05) is 6.07 Å². The lowest BCUT2D eigenvalue weighted by Gasteiger charge is -2.12. The number of hydrogen-bond donors (Lipinski definition) is 0. The summed E-state index contributed by atoms with van der Waals surface area (Å²) in [6, 6.07) is 64.4. The molecule has 0 bridgehead atoms. The first-order chi connectivity index (χ1) is 24.8. The summed E-state index contributed by atoms with van der Waals surface area (Å²) < 4.78 is 13.2. The molecule has 0 aliphatic carbocycles. The van der Waals surface area contributed by atoms with Gasteiger partial charge in [0, 0.05) is 38.7 Å². The van der Waals surface area contributed by atoms with Crippen LogP contribution >= 0.6 is 0 Å². The molecule has 0 atom stereocenters. The first kappa shape index (κ1) is 28.4. The van der Waals surface area contributed by atoms with Crippen LogP contribution in [0.4, 0.5) is 0 Å². The van der Waals surface area contributed by atoms with Crippen LogP contribution in [0.3, 0.4) is 0 Å². The van der Waals surface area contributed by atoms with E-state index in [1.165, 1.54) is 33.4 Å². The zero-order valence-corrected chi connectivity index (χ0v) is 27.1. The van der Waals surface area contributed by atoms with Crippen LogP contribution in [0.5, 0.6) is 0 Å². The summed E-state index contributed by atoms with van der Waals surface area (Å²) in [7, 11) is 0. The van der Waals surface area contributed by atoms with Crippen LogP contribution in [0.2, 0.25) is 0 Å². The molecule has 0 aliphatic heterocycles. The van der Waals surface area contributed by atoms with Crippen LogP contribution in [-0.4, -0.2) is 0 Å². The van der Waals surface area contributed by atoms with E-state index >= 15 is 0 Å². The molecule has 2 heterocycles. The Morgan fingerprint density at radius 1 is 0.240 bits per heavy atom. The number of rotatable bonds is 5. The molecule has 0 aliphatic rings. The van der Waals surface area contributed by atoms with Crippen LogP contribution < -0.4 is 0 Å². The average Bonchev–Trinajstić information content (AvgIpc) is 3.75. The molecule has 0 N–H and O–H groups in total. The molecule has 0 radical (unpaired) electrons. The van der Waals surface area contributed by atoms with Crippen molar-refractivity contribution in [3.8, 4) is 55.6 Å². The Morgan fingerprint density at radius 2 is 0.620 bits per heavy atom. The first-order valence-corrected chi connectivity index (χ1v) is 17.0. The lowest BCUT2D eigenvalue weighted by atomic mass is 9.92. The van der Waals surface area contributed by atoms with Gasteiger partial charge in [-0.3, -0.25) is 0 Å². The van der Waals surface area contributed by atoms with Gasteiger partial charge < -0.3 is 8.83 Å². The van der Waals surface area contributed by atoms with Crippen molar-refractivity contribution >= 4 is 43.9 Å². The van der Waals surface area contributed by atoms with Gasteiger partial charge in [-0.15, -0.1) is 0 Å². The number of furan rings is 2. The molecule has 2 nitrogen and oxygen atoms in total. The zero-order chi connectivity index (χ0) is 33.0. The number of para-hydroxylation sites is 2. The first-order valence-electron chi connectivity index (χ1n) is 17.0. The highest BCUT2D eigenvalue weighted by Gasteiger charge is 2.18. The second-order valence-corrected chi connectivity index (χ2v) is 12.9. The molecule has 0 saturated carbocycles. The fourth-order valence-electron chi connectivity index (χ4n) is 7.39. The molecular weight excluding hydrogens is 609 g/mol. The Balaban J connectivity index is 1.06. The van der Waals surface area contributed by atoms with Gasteiger partial charge in [-0.2, -0.15) is 0 Å². The van der Waals surface area contributed by atoms with Crippen molar-refractivity contribution in [2.24, 2.45) is 0 Å². The Morgan fingerprint density at radius 3 is 1.08 bits per heavy atom. The Kier molecular flexibility index (Phi) is 6.53. The van der Waals surface area contributed by atoms with Crippen molar-refractivity contribution in [3.05, 3.63) is 182 Å². The highest BCUT2D eigenvalue weighted by Crippen LogP contribution is 2.42. The topological polar surface area (TPSA) is 26.3 Å². The Hall–Kier alpha value is -6.64. The van der Waals surface area contributed by atoms with Crippen LogP contribution in [0.15, 0.2) is 191 Å². The molecule has 10 aromatic rings. The van der Waals surface area contributed by atoms with Crippen molar-refractivity contribution < 1.29 is 8.83 Å². The molecule has 0 fully saturated rings. The Bertz CT molecular complexity index is 2770. The van der Waals surface area contributed by atoms with E-state index < -0.39 is 0 Å². The van der Waals surface area contributed by atoms with Crippen molar-refractivity contribution in [2.75, 3.05) is 0 Å². The third kappa shape index (κ3) is 4.73. The quantitative estimate of drug-likeness (QED) is 0.187. The summed E-state index contributed by atoms with van der Waals surface area (Å²) in [6.45, 7) is 0. The standard InChI is InChI=1S/C48H30O2/c1-4-12-31(13-5-1)36-26-37(32-14-6-2-7-15-32)28-38(27-36)33-22-24-35(25-23-33)40-19-11-21-42-44-29-43-41-20-10-18-39(34-16-8-3-9-17-34)47(41)49-45(43)30-46(44)50-48(40)42/h1-30H. The second kappa shape index (κ2) is 11.5. The van der Waals surface area contributed by atoms with Crippen LogP contribution in [0, 0.1) is 0 Å². The van der Waals surface area contributed by atoms with E-state index in [1.54, 1.807) is 0 Å². The SMILES string of the molecule is c1ccc(-c2cc(-c3ccccc3)cc(-c3ccc(-c4cccc5c4oc4cc6oc7c(-c8ccccc8)cccc7c6cc45)cc3)c2)cc1. The third-order valence-electron chi connectivity index (χ3n) is 9.88. The minimum absolute atomic E-state index is 0.822. The highest BCUT2D eigenvalue weighted by molar-refractivity contribution is 6.18. The van der Waals surface area contributed by atoms with Crippen LogP contribution in [0.25, 0.3) is 99.5 Å². The molecule has 2 heteroatoms. The van der Waals surface area contributed by atoms with Gasteiger partial charge in [-0.1, -0.05) is 152 Å². The summed E-state index contributed by atoms with van der Waals surface area (Å²) in [5.74, 6) is 0. The molecule has 0 unspecified atom stereocenters. The highest BCUT2D eigenvalue weighted by atomic mass is 16.3. The van der Waals surface area contributed by atoms with Gasteiger partial charge in [-0.05, 0) is 68.8 Å².